The van der Waals surface area contributed by atoms with Crippen LogP contribution in [0.3, 0.4) is 0 Å². The Morgan fingerprint density at radius 1 is 1.05 bits per heavy atom. The van der Waals surface area contributed by atoms with Gasteiger partial charge in [0.2, 0.25) is 10.0 Å². The molecule has 3 heterocycles. The summed E-state index contributed by atoms with van der Waals surface area (Å²) in [6, 6.07) is 4.70. The molecule has 0 spiro atoms. The Kier molecular flexibility index (Phi) is 11.3. The number of ether oxygens (including phenoxy) is 1. The van der Waals surface area contributed by atoms with Crippen molar-refractivity contribution in [2.75, 3.05) is 39.8 Å². The average molecular weight is 535 g/mol. The lowest BCUT2D eigenvalue weighted by Gasteiger charge is -2.31. The lowest BCUT2D eigenvalue weighted by Crippen LogP contribution is -2.47. The SMILES string of the molecule is CC.CC.CCCc1nc(C)c2c(=O)[nH]c(-c3cc(S(=O)(=O)N4CCN(C)CC4)ccc3OCC)nn12. The summed E-state index contributed by atoms with van der Waals surface area (Å²) in [4.78, 5) is 22.5. The normalized spacial score (nSPS) is 14.5. The molecule has 0 aliphatic carbocycles. The van der Waals surface area contributed by atoms with Crippen LogP contribution in [0.2, 0.25) is 0 Å². The van der Waals surface area contributed by atoms with E-state index in [-0.39, 0.29) is 16.3 Å². The smallest absolute Gasteiger partial charge is 0.277 e. The number of piperazine rings is 1. The van der Waals surface area contributed by atoms with Crippen molar-refractivity contribution in [3.63, 3.8) is 0 Å². The summed E-state index contributed by atoms with van der Waals surface area (Å²) in [5.74, 6) is 1.38. The maximum atomic E-state index is 13.3. The number of benzene rings is 1. The summed E-state index contributed by atoms with van der Waals surface area (Å²) < 4.78 is 35.5. The first kappa shape index (κ1) is 30.5. The third-order valence-corrected chi connectivity index (χ3v) is 7.72. The lowest BCUT2D eigenvalue weighted by molar-refractivity contribution is 0.222. The van der Waals surface area contributed by atoms with Gasteiger partial charge in [-0.15, -0.1) is 5.10 Å². The van der Waals surface area contributed by atoms with Crippen molar-refractivity contribution < 1.29 is 13.2 Å². The van der Waals surface area contributed by atoms with Gasteiger partial charge in [-0.3, -0.25) is 4.79 Å². The number of imidazole rings is 1. The molecule has 10 nitrogen and oxygen atoms in total. The fraction of sp³-hybridized carbons (Fsp3) is 0.577. The molecule has 0 saturated carbocycles. The molecule has 4 rings (SSSR count). The Morgan fingerprint density at radius 2 is 1.70 bits per heavy atom. The van der Waals surface area contributed by atoms with E-state index in [9.17, 15) is 13.2 Å². The Morgan fingerprint density at radius 3 is 2.30 bits per heavy atom. The van der Waals surface area contributed by atoms with Crippen molar-refractivity contribution in [3.05, 3.63) is 40.1 Å². The second kappa shape index (κ2) is 13.7. The molecule has 0 unspecified atom stereocenters. The van der Waals surface area contributed by atoms with E-state index >= 15 is 0 Å². The Bertz CT molecular complexity index is 1320. The van der Waals surface area contributed by atoms with E-state index in [0.29, 0.717) is 67.6 Å². The van der Waals surface area contributed by atoms with Crippen molar-refractivity contribution in [2.45, 2.75) is 66.2 Å². The fourth-order valence-electron chi connectivity index (χ4n) is 4.06. The minimum absolute atomic E-state index is 0.142. The predicted molar refractivity (Wildman–Crippen MR) is 148 cm³/mol. The van der Waals surface area contributed by atoms with Gasteiger partial charge in [0, 0.05) is 32.6 Å². The first-order valence-corrected chi connectivity index (χ1v) is 14.6. The van der Waals surface area contributed by atoms with Crippen molar-refractivity contribution >= 4 is 15.5 Å². The molecule has 1 fully saturated rings. The molecule has 1 aliphatic heterocycles. The summed E-state index contributed by atoms with van der Waals surface area (Å²) in [5.41, 5.74) is 1.08. The number of rotatable bonds is 7. The Hall–Kier alpha value is -2.76. The van der Waals surface area contributed by atoms with Crippen LogP contribution in [0.25, 0.3) is 16.9 Å². The first-order valence-electron chi connectivity index (χ1n) is 13.2. The Labute approximate surface area is 220 Å². The minimum Gasteiger partial charge on any atom is -0.493 e. The third-order valence-electron chi connectivity index (χ3n) is 5.82. The Balaban J connectivity index is 0.00000115. The highest BCUT2D eigenvalue weighted by Gasteiger charge is 2.29. The van der Waals surface area contributed by atoms with Crippen LogP contribution in [0.4, 0.5) is 0 Å². The topological polar surface area (TPSA) is 113 Å². The zero-order valence-corrected chi connectivity index (χ0v) is 24.3. The van der Waals surface area contributed by atoms with E-state index in [0.717, 1.165) is 6.42 Å². The number of hydrogen-bond donors (Lipinski definition) is 1. The van der Waals surface area contributed by atoms with Crippen LogP contribution in [-0.4, -0.2) is 77.0 Å². The van der Waals surface area contributed by atoms with Gasteiger partial charge in [-0.2, -0.15) is 4.31 Å². The summed E-state index contributed by atoms with van der Waals surface area (Å²) in [7, 11) is -1.73. The van der Waals surface area contributed by atoms with Gasteiger partial charge in [0.05, 0.1) is 22.8 Å². The number of fused-ring (bicyclic) bond motifs is 1. The van der Waals surface area contributed by atoms with E-state index < -0.39 is 10.0 Å². The van der Waals surface area contributed by atoms with E-state index in [1.165, 1.54) is 10.4 Å². The summed E-state index contributed by atoms with van der Waals surface area (Å²) in [5, 5.41) is 4.64. The minimum atomic E-state index is -3.70. The fourth-order valence-corrected chi connectivity index (χ4v) is 5.51. The van der Waals surface area contributed by atoms with Crippen LogP contribution in [-0.2, 0) is 16.4 Å². The van der Waals surface area contributed by atoms with Gasteiger partial charge in [-0.25, -0.2) is 17.9 Å². The summed E-state index contributed by atoms with van der Waals surface area (Å²) in [6.45, 7) is 16.2. The molecule has 1 saturated heterocycles. The van der Waals surface area contributed by atoms with E-state index in [4.69, 9.17) is 4.74 Å². The number of aryl methyl sites for hydroxylation is 2. The number of hydrogen-bond acceptors (Lipinski definition) is 7. The molecule has 1 aliphatic rings. The van der Waals surface area contributed by atoms with Gasteiger partial charge < -0.3 is 14.6 Å². The molecule has 0 radical (unpaired) electrons. The van der Waals surface area contributed by atoms with Crippen LogP contribution in [0.5, 0.6) is 5.75 Å². The third kappa shape index (κ3) is 6.58. The molecule has 11 heteroatoms. The number of nitrogens with zero attached hydrogens (tertiary/aromatic N) is 5. The first-order chi connectivity index (χ1) is 17.8. The monoisotopic (exact) mass is 534 g/mol. The molecule has 3 aromatic rings. The van der Waals surface area contributed by atoms with E-state index in [1.54, 1.807) is 23.6 Å². The number of H-pyrrole nitrogens is 1. The molecular weight excluding hydrogens is 492 g/mol. The molecule has 37 heavy (non-hydrogen) atoms. The van der Waals surface area contributed by atoms with E-state index in [2.05, 4.69) is 20.0 Å². The van der Waals surface area contributed by atoms with Crippen LogP contribution < -0.4 is 10.3 Å². The predicted octanol–water partition coefficient (Wildman–Crippen LogP) is 3.73. The number of sulfonamides is 1. The standard InChI is InChI=1S/C22H30N6O4S.2C2H6/c1-5-7-19-23-15(3)20-22(29)24-21(25-28(19)20)17-14-16(8-9-18(17)32-6-2)33(30,31)27-12-10-26(4)11-13-27;2*1-2/h8-9,14H,5-7,10-13H2,1-4H3,(H,24,25,29);2*1-2H3. The molecule has 0 amide bonds. The van der Waals surface area contributed by atoms with Gasteiger partial charge in [0.1, 0.15) is 11.6 Å². The molecule has 2 aromatic heterocycles. The van der Waals surface area contributed by atoms with Crippen molar-refractivity contribution in [3.8, 4) is 17.1 Å². The molecule has 206 valence electrons. The molecular formula is C26H42N6O4S. The maximum Gasteiger partial charge on any atom is 0.277 e. The number of nitrogens with one attached hydrogen (secondary N) is 1. The summed E-state index contributed by atoms with van der Waals surface area (Å²) in [6.07, 6.45) is 1.52. The number of aromatic nitrogens is 4. The van der Waals surface area contributed by atoms with Crippen molar-refractivity contribution in [2.24, 2.45) is 0 Å². The number of likely N-dealkylation sites (N-methyl/N-ethyl adjacent to an activating group) is 1. The average Bonchev–Trinajstić information content (AvgIpc) is 3.22. The lowest BCUT2D eigenvalue weighted by atomic mass is 10.2. The zero-order chi connectivity index (χ0) is 27.8. The second-order valence-corrected chi connectivity index (χ2v) is 10.2. The highest BCUT2D eigenvalue weighted by atomic mass is 32.2. The molecule has 0 bridgehead atoms. The second-order valence-electron chi connectivity index (χ2n) is 8.22. The summed E-state index contributed by atoms with van der Waals surface area (Å²) >= 11 is 0. The number of aromatic amines is 1. The van der Waals surface area contributed by atoms with Crippen LogP contribution >= 0.6 is 0 Å². The largest absolute Gasteiger partial charge is 0.493 e. The molecule has 1 aromatic carbocycles. The van der Waals surface area contributed by atoms with Crippen molar-refractivity contribution in [1.29, 1.82) is 0 Å². The van der Waals surface area contributed by atoms with Gasteiger partial charge in [0.15, 0.2) is 11.3 Å². The van der Waals surface area contributed by atoms with Crippen LogP contribution in [0.15, 0.2) is 27.9 Å². The van der Waals surface area contributed by atoms with Crippen LogP contribution in [0, 0.1) is 6.92 Å². The molecule has 0 atom stereocenters. The van der Waals surface area contributed by atoms with Crippen LogP contribution in [0.1, 0.15) is 59.5 Å². The van der Waals surface area contributed by atoms with Gasteiger partial charge in [-0.05, 0) is 45.5 Å². The zero-order valence-electron chi connectivity index (χ0n) is 23.5. The quantitative estimate of drug-likeness (QED) is 0.491. The van der Waals surface area contributed by atoms with Crippen molar-refractivity contribution in [1.82, 2.24) is 28.8 Å². The van der Waals surface area contributed by atoms with Gasteiger partial charge in [0.25, 0.3) is 5.56 Å². The maximum absolute atomic E-state index is 13.3. The molecule has 1 N–H and O–H groups in total. The van der Waals surface area contributed by atoms with Gasteiger partial charge in [-0.1, -0.05) is 34.6 Å². The highest BCUT2D eigenvalue weighted by Crippen LogP contribution is 2.31. The van der Waals surface area contributed by atoms with E-state index in [1.807, 2.05) is 48.6 Å². The van der Waals surface area contributed by atoms with Gasteiger partial charge >= 0.3 is 0 Å². The highest BCUT2D eigenvalue weighted by molar-refractivity contribution is 7.89.